The third-order valence-corrected chi connectivity index (χ3v) is 8.70. The molecule has 2 N–H and O–H groups in total. The van der Waals surface area contributed by atoms with Gasteiger partial charge in [0.1, 0.15) is 5.82 Å². The van der Waals surface area contributed by atoms with E-state index in [-0.39, 0.29) is 36.2 Å². The molecule has 1 saturated heterocycles. The topological polar surface area (TPSA) is 111 Å². The lowest BCUT2D eigenvalue weighted by Gasteiger charge is -2.30. The molecule has 2 aromatic carbocycles. The maximum atomic E-state index is 13.0. The van der Waals surface area contributed by atoms with E-state index in [1.54, 1.807) is 37.3 Å². The summed E-state index contributed by atoms with van der Waals surface area (Å²) >= 11 is 0. The average Bonchev–Trinajstić information content (AvgIpc) is 3.21. The molecule has 4 rings (SSSR count). The first-order valence-corrected chi connectivity index (χ1v) is 14.0. The van der Waals surface area contributed by atoms with Crippen LogP contribution in [-0.4, -0.2) is 60.2 Å². The van der Waals surface area contributed by atoms with E-state index in [0.717, 1.165) is 5.52 Å². The van der Waals surface area contributed by atoms with Gasteiger partial charge in [0.2, 0.25) is 0 Å². The number of hydrogen-bond acceptors (Lipinski definition) is 6. The summed E-state index contributed by atoms with van der Waals surface area (Å²) in [5.41, 5.74) is 2.21. The number of amides is 1. The van der Waals surface area contributed by atoms with Crippen molar-refractivity contribution in [2.24, 2.45) is 13.0 Å². The Morgan fingerprint density at radius 2 is 1.92 bits per heavy atom. The minimum Gasteiger partial charge on any atom is -0.394 e. The smallest absolute Gasteiger partial charge is 0.394 e. The normalized spacial score (nSPS) is 19.4. The Kier molecular flexibility index (Phi) is 8.15. The summed E-state index contributed by atoms with van der Waals surface area (Å²) in [5.74, 6) is 0.127. The Hall–Kier alpha value is -2.96. The van der Waals surface area contributed by atoms with Crippen molar-refractivity contribution in [2.75, 3.05) is 19.0 Å². The predicted molar refractivity (Wildman–Crippen MR) is 134 cm³/mol. The predicted octanol–water partition coefficient (Wildman–Crippen LogP) is 3.73. The molecule has 38 heavy (non-hydrogen) atoms. The second-order valence-electron chi connectivity index (χ2n) is 9.48. The number of hydrogen-bond donors (Lipinski definition) is 2. The molecular weight excluding hydrogens is 523 g/mol. The number of alkyl halides is 3. The molecule has 1 aliphatic heterocycles. The molecule has 1 fully saturated rings. The fourth-order valence-electron chi connectivity index (χ4n) is 4.61. The van der Waals surface area contributed by atoms with Crippen molar-refractivity contribution in [2.45, 2.75) is 49.4 Å². The van der Waals surface area contributed by atoms with Crippen LogP contribution in [0, 0.1) is 5.92 Å². The van der Waals surface area contributed by atoms with Gasteiger partial charge in [-0.15, -0.1) is 0 Å². The number of nitrogens with zero attached hydrogens (tertiary/aromatic N) is 2. The van der Waals surface area contributed by atoms with Crippen molar-refractivity contribution < 1.29 is 36.2 Å². The summed E-state index contributed by atoms with van der Waals surface area (Å²) in [5, 5.41) is 12.6. The van der Waals surface area contributed by atoms with Crippen LogP contribution in [0.2, 0.25) is 0 Å². The van der Waals surface area contributed by atoms with Gasteiger partial charge in [-0.25, -0.2) is 13.4 Å². The van der Waals surface area contributed by atoms with Crippen molar-refractivity contribution in [3.63, 3.8) is 0 Å². The minimum absolute atomic E-state index is 0.00887. The SMILES string of the molecule is CCS(=O)(=O)c1ccc([C@H](CO)NC(=O)c2ccc3c(c2)nc(C[C@@H]2CC[C@H](C(F)(F)F)OC2)n3C)cc1. The fourth-order valence-corrected chi connectivity index (χ4v) is 5.49. The van der Waals surface area contributed by atoms with E-state index in [4.69, 9.17) is 4.74 Å². The number of aryl methyl sites for hydroxylation is 1. The van der Waals surface area contributed by atoms with E-state index in [1.807, 2.05) is 11.6 Å². The lowest BCUT2D eigenvalue weighted by Crippen LogP contribution is -2.38. The first kappa shape index (κ1) is 28.1. The first-order chi connectivity index (χ1) is 17.9. The van der Waals surface area contributed by atoms with E-state index in [1.165, 1.54) is 12.1 Å². The van der Waals surface area contributed by atoms with E-state index in [9.17, 15) is 31.5 Å². The number of aliphatic hydroxyl groups is 1. The quantitative estimate of drug-likeness (QED) is 0.440. The second-order valence-corrected chi connectivity index (χ2v) is 11.8. The van der Waals surface area contributed by atoms with Crippen molar-refractivity contribution in [3.05, 3.63) is 59.4 Å². The molecule has 0 unspecified atom stereocenters. The number of aromatic nitrogens is 2. The summed E-state index contributed by atoms with van der Waals surface area (Å²) in [6.07, 6.45) is -5.31. The average molecular weight is 554 g/mol. The Morgan fingerprint density at radius 1 is 1.21 bits per heavy atom. The number of ether oxygens (including phenoxy) is 1. The maximum Gasteiger partial charge on any atom is 0.414 e. The van der Waals surface area contributed by atoms with Gasteiger partial charge in [0, 0.05) is 19.0 Å². The van der Waals surface area contributed by atoms with Gasteiger partial charge >= 0.3 is 6.18 Å². The van der Waals surface area contributed by atoms with Crippen molar-refractivity contribution >= 4 is 26.8 Å². The van der Waals surface area contributed by atoms with Gasteiger partial charge in [-0.1, -0.05) is 19.1 Å². The Labute approximate surface area is 218 Å². The number of halogens is 3. The molecule has 0 saturated carbocycles. The highest BCUT2D eigenvalue weighted by atomic mass is 32.2. The monoisotopic (exact) mass is 553 g/mol. The first-order valence-electron chi connectivity index (χ1n) is 12.3. The van der Waals surface area contributed by atoms with E-state index < -0.39 is 34.1 Å². The van der Waals surface area contributed by atoms with Crippen molar-refractivity contribution in [3.8, 4) is 0 Å². The van der Waals surface area contributed by atoms with Crippen molar-refractivity contribution in [1.29, 1.82) is 0 Å². The summed E-state index contributed by atoms with van der Waals surface area (Å²) in [7, 11) is -1.55. The highest BCUT2D eigenvalue weighted by molar-refractivity contribution is 7.91. The highest BCUT2D eigenvalue weighted by Crippen LogP contribution is 2.33. The standard InChI is InChI=1S/C26H30F3N3O5S/c1-3-38(35,36)19-8-5-17(6-9-19)21(14-33)31-25(34)18-7-10-22-20(13-18)30-24(32(22)2)12-16-4-11-23(37-15-16)26(27,28)29/h5-10,13,16,21,23,33H,3-4,11-12,14-15H2,1-2H3,(H,31,34)/t16-,21-,23+/m0/s1. The van der Waals surface area contributed by atoms with Gasteiger partial charge in [0.05, 0.1) is 40.9 Å². The van der Waals surface area contributed by atoms with Crippen LogP contribution in [0.3, 0.4) is 0 Å². The van der Waals surface area contributed by atoms with Crippen LogP contribution >= 0.6 is 0 Å². The molecule has 1 aliphatic rings. The largest absolute Gasteiger partial charge is 0.414 e. The molecule has 0 radical (unpaired) electrons. The molecule has 3 aromatic rings. The van der Waals surface area contributed by atoms with Crippen LogP contribution in [0.1, 0.15) is 47.6 Å². The van der Waals surface area contributed by atoms with E-state index in [2.05, 4.69) is 10.3 Å². The Balaban J connectivity index is 1.45. The molecule has 12 heteroatoms. The highest BCUT2D eigenvalue weighted by Gasteiger charge is 2.43. The molecule has 8 nitrogen and oxygen atoms in total. The van der Waals surface area contributed by atoms with Gasteiger partial charge in [-0.05, 0) is 54.7 Å². The van der Waals surface area contributed by atoms with Crippen LogP contribution in [0.5, 0.6) is 0 Å². The number of sulfone groups is 1. The Bertz CT molecular complexity index is 1400. The van der Waals surface area contributed by atoms with Gasteiger partial charge in [0.25, 0.3) is 5.91 Å². The van der Waals surface area contributed by atoms with Crippen LogP contribution in [0.15, 0.2) is 47.4 Å². The molecule has 206 valence electrons. The van der Waals surface area contributed by atoms with Crippen molar-refractivity contribution in [1.82, 2.24) is 14.9 Å². The number of benzene rings is 2. The summed E-state index contributed by atoms with van der Waals surface area (Å²) < 4.78 is 69.6. The molecule has 0 bridgehead atoms. The number of carbonyl (C=O) groups is 1. The number of carbonyl (C=O) groups excluding carboxylic acids is 1. The molecule has 0 spiro atoms. The zero-order chi connectivity index (χ0) is 27.7. The Morgan fingerprint density at radius 3 is 2.50 bits per heavy atom. The second kappa shape index (κ2) is 11.0. The zero-order valence-electron chi connectivity index (χ0n) is 21.0. The number of rotatable bonds is 8. The van der Waals surface area contributed by atoms with Crippen LogP contribution in [0.4, 0.5) is 13.2 Å². The fraction of sp³-hybridized carbons (Fsp3) is 0.462. The number of nitrogens with one attached hydrogen (secondary N) is 1. The third kappa shape index (κ3) is 6.02. The zero-order valence-corrected chi connectivity index (χ0v) is 21.8. The molecule has 1 amide bonds. The molecule has 3 atom stereocenters. The van der Waals surface area contributed by atoms with Gasteiger partial charge < -0.3 is 19.7 Å². The van der Waals surface area contributed by atoms with Crippen LogP contribution < -0.4 is 5.32 Å². The third-order valence-electron chi connectivity index (χ3n) is 6.95. The number of imidazole rings is 1. The number of aliphatic hydroxyl groups excluding tert-OH is 1. The van der Waals surface area contributed by atoms with E-state index >= 15 is 0 Å². The molecule has 1 aromatic heterocycles. The molecule has 0 aliphatic carbocycles. The van der Waals surface area contributed by atoms with Crippen LogP contribution in [0.25, 0.3) is 11.0 Å². The van der Waals surface area contributed by atoms with Crippen LogP contribution in [-0.2, 0) is 28.0 Å². The maximum absolute atomic E-state index is 13.0. The van der Waals surface area contributed by atoms with E-state index in [0.29, 0.717) is 35.3 Å². The summed E-state index contributed by atoms with van der Waals surface area (Å²) in [6, 6.07) is 10.3. The summed E-state index contributed by atoms with van der Waals surface area (Å²) in [4.78, 5) is 17.7. The van der Waals surface area contributed by atoms with Gasteiger partial charge in [-0.2, -0.15) is 13.2 Å². The lowest BCUT2D eigenvalue weighted by atomic mass is 9.95. The molecular formula is C26H30F3N3O5S. The lowest BCUT2D eigenvalue weighted by molar-refractivity contribution is -0.235. The number of fused-ring (bicyclic) bond motifs is 1. The van der Waals surface area contributed by atoms with Gasteiger partial charge in [0.15, 0.2) is 15.9 Å². The summed E-state index contributed by atoms with van der Waals surface area (Å²) in [6.45, 7) is 1.17. The molecule has 2 heterocycles. The minimum atomic E-state index is -4.35. The van der Waals surface area contributed by atoms with Gasteiger partial charge in [-0.3, -0.25) is 4.79 Å².